The number of fused-ring (bicyclic) bond motifs is 1. The van der Waals surface area contributed by atoms with Gasteiger partial charge < -0.3 is 5.32 Å². The van der Waals surface area contributed by atoms with Gasteiger partial charge in [0.15, 0.2) is 0 Å². The molecule has 0 saturated heterocycles. The largest absolute Gasteiger partial charge is 0.312 e. The van der Waals surface area contributed by atoms with E-state index in [9.17, 15) is 4.79 Å². The molecule has 1 aliphatic rings. The summed E-state index contributed by atoms with van der Waals surface area (Å²) < 4.78 is 0. The molecule has 0 bridgehead atoms. The molecule has 1 unspecified atom stereocenters. The van der Waals surface area contributed by atoms with Crippen LogP contribution in [0.2, 0.25) is 0 Å². The van der Waals surface area contributed by atoms with Crippen molar-refractivity contribution in [2.45, 2.75) is 26.3 Å². The Hall–Kier alpha value is -0.870. The first kappa shape index (κ1) is 11.2. The van der Waals surface area contributed by atoms with Gasteiger partial charge in [0, 0.05) is 24.6 Å². The van der Waals surface area contributed by atoms with Gasteiger partial charge in [0.1, 0.15) is 0 Å². The summed E-state index contributed by atoms with van der Waals surface area (Å²) in [5.74, 6) is 0.388. The molecule has 1 aliphatic heterocycles. The van der Waals surface area contributed by atoms with Gasteiger partial charge in [0.05, 0.1) is 5.69 Å². The molecule has 0 saturated carbocycles. The molecule has 1 aromatic heterocycles. The summed E-state index contributed by atoms with van der Waals surface area (Å²) >= 11 is 0. The van der Waals surface area contributed by atoms with Crippen molar-refractivity contribution < 1.29 is 0 Å². The molecule has 4 nitrogen and oxygen atoms in total. The Bertz CT molecular complexity index is 388. The summed E-state index contributed by atoms with van der Waals surface area (Å²) in [5.41, 5.74) is 2.83. The van der Waals surface area contributed by atoms with Crippen LogP contribution >= 0.6 is 12.4 Å². The monoisotopic (exact) mass is 215 g/mol. The zero-order valence-corrected chi connectivity index (χ0v) is 9.07. The molecule has 78 valence electrons. The number of hydrogen-bond acceptors (Lipinski definition) is 3. The summed E-state index contributed by atoms with van der Waals surface area (Å²) in [7, 11) is 0. The van der Waals surface area contributed by atoms with Crippen molar-refractivity contribution >= 4 is 12.4 Å². The first-order chi connectivity index (χ1) is 6.20. The van der Waals surface area contributed by atoms with E-state index in [1.165, 1.54) is 0 Å². The highest BCUT2D eigenvalue weighted by Gasteiger charge is 2.20. The first-order valence-corrected chi connectivity index (χ1v) is 4.49. The van der Waals surface area contributed by atoms with E-state index < -0.39 is 0 Å². The second kappa shape index (κ2) is 4.11. The van der Waals surface area contributed by atoms with Crippen LogP contribution in [-0.2, 0) is 6.54 Å². The van der Waals surface area contributed by atoms with Gasteiger partial charge >= 0.3 is 0 Å². The zero-order chi connectivity index (χ0) is 9.42. The van der Waals surface area contributed by atoms with Crippen molar-refractivity contribution in [1.29, 1.82) is 0 Å². The molecule has 2 heterocycles. The maximum absolute atomic E-state index is 11.3. The molecular formula is C9H14ClN3O. The van der Waals surface area contributed by atoms with Crippen LogP contribution in [0.25, 0.3) is 0 Å². The third-order valence-electron chi connectivity index (χ3n) is 2.60. The van der Waals surface area contributed by atoms with E-state index >= 15 is 0 Å². The van der Waals surface area contributed by atoms with Gasteiger partial charge in [0.25, 0.3) is 5.56 Å². The molecule has 0 aliphatic carbocycles. The van der Waals surface area contributed by atoms with Gasteiger partial charge in [-0.15, -0.1) is 12.4 Å². The molecular weight excluding hydrogens is 202 g/mol. The molecule has 2 N–H and O–H groups in total. The van der Waals surface area contributed by atoms with E-state index in [1.807, 2.05) is 6.92 Å². The summed E-state index contributed by atoms with van der Waals surface area (Å²) in [6.45, 7) is 5.66. The predicted octanol–water partition coefficient (Wildman–Crippen LogP) is 0.707. The standard InChI is InChI=1S/C9H13N3O.ClH/c1-5-3-10-4-7-6(2)9(13)12-11-8(5)7;/h5,10H,3-4H2,1-2H3,(H,12,13);1H. The topological polar surface area (TPSA) is 57.8 Å². The number of aromatic nitrogens is 2. The highest BCUT2D eigenvalue weighted by atomic mass is 35.5. The van der Waals surface area contributed by atoms with Crippen LogP contribution in [0, 0.1) is 6.92 Å². The maximum atomic E-state index is 11.3. The quantitative estimate of drug-likeness (QED) is 0.670. The van der Waals surface area contributed by atoms with Crippen LogP contribution in [0.4, 0.5) is 0 Å². The lowest BCUT2D eigenvalue weighted by Gasteiger charge is -2.22. The van der Waals surface area contributed by atoms with Crippen LogP contribution in [0.1, 0.15) is 29.7 Å². The van der Waals surface area contributed by atoms with Crippen LogP contribution in [0.5, 0.6) is 0 Å². The second-order valence-corrected chi connectivity index (χ2v) is 3.57. The number of nitrogens with zero attached hydrogens (tertiary/aromatic N) is 1. The second-order valence-electron chi connectivity index (χ2n) is 3.57. The molecule has 14 heavy (non-hydrogen) atoms. The Morgan fingerprint density at radius 3 is 2.93 bits per heavy atom. The van der Waals surface area contributed by atoms with Gasteiger partial charge in [-0.3, -0.25) is 4.79 Å². The Morgan fingerprint density at radius 2 is 2.21 bits per heavy atom. The summed E-state index contributed by atoms with van der Waals surface area (Å²) in [4.78, 5) is 11.3. The van der Waals surface area contributed by atoms with Crippen molar-refractivity contribution in [1.82, 2.24) is 15.5 Å². The maximum Gasteiger partial charge on any atom is 0.267 e. The number of nitrogens with one attached hydrogen (secondary N) is 2. The van der Waals surface area contributed by atoms with E-state index in [-0.39, 0.29) is 18.0 Å². The highest BCUT2D eigenvalue weighted by molar-refractivity contribution is 5.85. The molecule has 2 rings (SSSR count). The fraction of sp³-hybridized carbons (Fsp3) is 0.556. The normalized spacial score (nSPS) is 19.7. The van der Waals surface area contributed by atoms with Crippen molar-refractivity contribution in [3.8, 4) is 0 Å². The Balaban J connectivity index is 0.000000980. The molecule has 0 aromatic carbocycles. The average molecular weight is 216 g/mol. The smallest absolute Gasteiger partial charge is 0.267 e. The predicted molar refractivity (Wildman–Crippen MR) is 57.0 cm³/mol. The van der Waals surface area contributed by atoms with Crippen molar-refractivity contribution in [2.75, 3.05) is 6.54 Å². The lowest BCUT2D eigenvalue weighted by molar-refractivity contribution is 0.543. The minimum Gasteiger partial charge on any atom is -0.312 e. The van der Waals surface area contributed by atoms with Crippen molar-refractivity contribution in [3.05, 3.63) is 27.2 Å². The van der Waals surface area contributed by atoms with Gasteiger partial charge in [-0.25, -0.2) is 5.10 Å². The lowest BCUT2D eigenvalue weighted by atomic mass is 9.96. The fourth-order valence-corrected chi connectivity index (χ4v) is 1.73. The third-order valence-corrected chi connectivity index (χ3v) is 2.60. The number of hydrogen-bond donors (Lipinski definition) is 2. The molecule has 0 amide bonds. The van der Waals surface area contributed by atoms with Crippen LogP contribution in [0.15, 0.2) is 4.79 Å². The summed E-state index contributed by atoms with van der Waals surface area (Å²) in [6, 6.07) is 0. The summed E-state index contributed by atoms with van der Waals surface area (Å²) in [6.07, 6.45) is 0. The van der Waals surface area contributed by atoms with E-state index in [0.717, 1.165) is 29.9 Å². The third kappa shape index (κ3) is 1.67. The molecule has 5 heteroatoms. The SMILES string of the molecule is Cc1c2c(n[nH]c1=O)C(C)CNC2.Cl. The van der Waals surface area contributed by atoms with Gasteiger partial charge in [0.2, 0.25) is 0 Å². The van der Waals surface area contributed by atoms with Crippen molar-refractivity contribution in [2.24, 2.45) is 0 Å². The van der Waals surface area contributed by atoms with E-state index in [0.29, 0.717) is 5.92 Å². The van der Waals surface area contributed by atoms with Crippen molar-refractivity contribution in [3.63, 3.8) is 0 Å². The van der Waals surface area contributed by atoms with Gasteiger partial charge in [-0.2, -0.15) is 5.10 Å². The zero-order valence-electron chi connectivity index (χ0n) is 8.26. The fourth-order valence-electron chi connectivity index (χ4n) is 1.73. The average Bonchev–Trinajstić information content (AvgIpc) is 2.12. The lowest BCUT2D eigenvalue weighted by Crippen LogP contribution is -2.31. The molecule has 0 fully saturated rings. The van der Waals surface area contributed by atoms with Crippen LogP contribution < -0.4 is 10.9 Å². The highest BCUT2D eigenvalue weighted by Crippen LogP contribution is 2.20. The molecule has 1 atom stereocenters. The first-order valence-electron chi connectivity index (χ1n) is 4.49. The number of H-pyrrole nitrogens is 1. The Morgan fingerprint density at radius 1 is 1.50 bits per heavy atom. The van der Waals surface area contributed by atoms with Gasteiger partial charge in [-0.05, 0) is 12.5 Å². The van der Waals surface area contributed by atoms with Crippen LogP contribution in [-0.4, -0.2) is 16.7 Å². The Labute approximate surface area is 88.5 Å². The molecule has 0 radical (unpaired) electrons. The number of halogens is 1. The number of aromatic amines is 1. The number of rotatable bonds is 0. The molecule has 0 spiro atoms. The Kier molecular flexibility index (Phi) is 3.29. The minimum atomic E-state index is -0.0744. The van der Waals surface area contributed by atoms with Gasteiger partial charge in [-0.1, -0.05) is 6.92 Å². The van der Waals surface area contributed by atoms with E-state index in [2.05, 4.69) is 22.4 Å². The molecule has 1 aromatic rings. The van der Waals surface area contributed by atoms with Crippen LogP contribution in [0.3, 0.4) is 0 Å². The van der Waals surface area contributed by atoms with E-state index in [1.54, 1.807) is 0 Å². The minimum absolute atomic E-state index is 0. The summed E-state index contributed by atoms with van der Waals surface area (Å²) in [5, 5.41) is 9.87. The van der Waals surface area contributed by atoms with E-state index in [4.69, 9.17) is 0 Å².